The number of nitrogens with one attached hydrogen (secondary N) is 1. The number of carbonyl (C=O) groups is 2. The van der Waals surface area contributed by atoms with E-state index in [2.05, 4.69) is 10.3 Å². The lowest BCUT2D eigenvalue weighted by molar-refractivity contribution is -0.117. The van der Waals surface area contributed by atoms with Gasteiger partial charge < -0.3 is 14.8 Å². The van der Waals surface area contributed by atoms with Crippen molar-refractivity contribution < 1.29 is 27.8 Å². The largest absolute Gasteiger partial charge is 0.481 e. The summed E-state index contributed by atoms with van der Waals surface area (Å²) in [5.74, 6) is -2.40. The number of pyridine rings is 1. The smallest absolute Gasteiger partial charge is 0.415 e. The molecule has 1 aliphatic heterocycles. The zero-order valence-corrected chi connectivity index (χ0v) is 17.5. The molecule has 0 aliphatic carbocycles. The van der Waals surface area contributed by atoms with E-state index in [1.54, 1.807) is 26.8 Å². The highest BCUT2D eigenvalue weighted by molar-refractivity contribution is 6.31. The van der Waals surface area contributed by atoms with Gasteiger partial charge in [-0.15, -0.1) is 0 Å². The highest BCUT2D eigenvalue weighted by atomic mass is 35.5. The van der Waals surface area contributed by atoms with Crippen molar-refractivity contribution in [2.45, 2.75) is 38.8 Å². The van der Waals surface area contributed by atoms with Crippen LogP contribution in [-0.2, 0) is 16.0 Å². The van der Waals surface area contributed by atoms with E-state index in [-0.39, 0.29) is 23.0 Å². The van der Waals surface area contributed by atoms with E-state index in [1.165, 1.54) is 18.2 Å². The van der Waals surface area contributed by atoms with Crippen molar-refractivity contribution in [3.05, 3.63) is 46.6 Å². The van der Waals surface area contributed by atoms with Gasteiger partial charge >= 0.3 is 6.09 Å². The van der Waals surface area contributed by atoms with E-state index >= 15 is 0 Å². The molecule has 7 nitrogen and oxygen atoms in total. The van der Waals surface area contributed by atoms with Gasteiger partial charge in [0.15, 0.2) is 0 Å². The predicted octanol–water partition coefficient (Wildman–Crippen LogP) is 4.33. The van der Waals surface area contributed by atoms with Crippen molar-refractivity contribution >= 4 is 35.0 Å². The Balaban J connectivity index is 1.96. The van der Waals surface area contributed by atoms with Crippen LogP contribution in [0, 0.1) is 11.6 Å². The van der Waals surface area contributed by atoms with Crippen LogP contribution >= 0.6 is 11.6 Å². The highest BCUT2D eigenvalue weighted by Gasteiger charge is 2.42. The summed E-state index contributed by atoms with van der Waals surface area (Å²) in [4.78, 5) is 31.1. The molecule has 0 bridgehead atoms. The molecule has 0 saturated heterocycles. The van der Waals surface area contributed by atoms with Crippen LogP contribution in [-0.4, -0.2) is 35.7 Å². The first-order valence-corrected chi connectivity index (χ1v) is 9.39. The highest BCUT2D eigenvalue weighted by Crippen LogP contribution is 2.38. The summed E-state index contributed by atoms with van der Waals surface area (Å²) in [6.07, 6.45) is 0.746. The molecule has 1 unspecified atom stereocenters. The molecule has 2 aromatic rings. The molecule has 3 rings (SSSR count). The number of halogens is 3. The molecule has 30 heavy (non-hydrogen) atoms. The predicted molar refractivity (Wildman–Crippen MR) is 107 cm³/mol. The Morgan fingerprint density at radius 2 is 1.97 bits per heavy atom. The number of rotatable bonds is 3. The second kappa shape index (κ2) is 8.06. The van der Waals surface area contributed by atoms with Gasteiger partial charge in [0.1, 0.15) is 23.3 Å². The van der Waals surface area contributed by atoms with Crippen LogP contribution in [0.5, 0.6) is 5.88 Å². The van der Waals surface area contributed by atoms with Crippen LogP contribution in [0.1, 0.15) is 26.3 Å². The normalized spacial score (nSPS) is 15.6. The van der Waals surface area contributed by atoms with E-state index in [0.29, 0.717) is 17.3 Å². The number of carbonyl (C=O) groups excluding carboxylic acids is 2. The number of methoxy groups -OCH3 is 1. The molecule has 0 saturated carbocycles. The van der Waals surface area contributed by atoms with E-state index in [1.807, 2.05) is 0 Å². The Kier molecular flexibility index (Phi) is 5.85. The van der Waals surface area contributed by atoms with Gasteiger partial charge in [-0.1, -0.05) is 11.6 Å². The van der Waals surface area contributed by atoms with Gasteiger partial charge in [0, 0.05) is 24.2 Å². The van der Waals surface area contributed by atoms with Crippen molar-refractivity contribution in [3.63, 3.8) is 0 Å². The van der Waals surface area contributed by atoms with Crippen molar-refractivity contribution in [1.82, 2.24) is 4.98 Å². The molecule has 0 spiro atoms. The fourth-order valence-electron chi connectivity index (χ4n) is 3.09. The molecule has 1 atom stereocenters. The molecule has 10 heteroatoms. The molecule has 1 aromatic heterocycles. The maximum absolute atomic E-state index is 14.1. The van der Waals surface area contributed by atoms with Gasteiger partial charge in [-0.25, -0.2) is 18.6 Å². The van der Waals surface area contributed by atoms with E-state index in [4.69, 9.17) is 21.1 Å². The summed E-state index contributed by atoms with van der Waals surface area (Å²) in [6.45, 7) is 5.08. The van der Waals surface area contributed by atoms with E-state index in [9.17, 15) is 18.4 Å². The second-order valence-corrected chi connectivity index (χ2v) is 8.03. The molecule has 2 amide bonds. The third-order valence-corrected chi connectivity index (χ3v) is 4.60. The van der Waals surface area contributed by atoms with E-state index in [0.717, 1.165) is 6.07 Å². The number of anilines is 2. The SMILES string of the molecule is COc1nccc2c1CC(C(=O)Nc1cc(Cl)c(F)cc1F)N2C(=O)OC(C)(C)C. The molecule has 1 aliphatic rings. The second-order valence-electron chi connectivity index (χ2n) is 7.62. The summed E-state index contributed by atoms with van der Waals surface area (Å²) in [6, 6.07) is 2.02. The van der Waals surface area contributed by atoms with Gasteiger partial charge in [-0.05, 0) is 32.9 Å². The molecule has 1 aromatic carbocycles. The lowest BCUT2D eigenvalue weighted by Gasteiger charge is -2.28. The van der Waals surface area contributed by atoms with Crippen molar-refractivity contribution in [1.29, 1.82) is 0 Å². The van der Waals surface area contributed by atoms with Crippen molar-refractivity contribution in [2.24, 2.45) is 0 Å². The van der Waals surface area contributed by atoms with Crippen LogP contribution in [0.4, 0.5) is 25.0 Å². The van der Waals surface area contributed by atoms with Crippen molar-refractivity contribution in [3.8, 4) is 5.88 Å². The third kappa shape index (κ3) is 4.30. The number of hydrogen-bond donors (Lipinski definition) is 1. The number of nitrogens with zero attached hydrogens (tertiary/aromatic N) is 2. The summed E-state index contributed by atoms with van der Waals surface area (Å²) >= 11 is 5.69. The van der Waals surface area contributed by atoms with Crippen LogP contribution < -0.4 is 15.0 Å². The zero-order valence-electron chi connectivity index (χ0n) is 16.8. The van der Waals surface area contributed by atoms with Crippen molar-refractivity contribution in [2.75, 3.05) is 17.3 Å². The number of amides is 2. The minimum Gasteiger partial charge on any atom is -0.481 e. The Morgan fingerprint density at radius 1 is 1.27 bits per heavy atom. The molecule has 0 fully saturated rings. The van der Waals surface area contributed by atoms with Gasteiger partial charge in [0.25, 0.3) is 0 Å². The first-order chi connectivity index (χ1) is 14.0. The summed E-state index contributed by atoms with van der Waals surface area (Å²) in [5.41, 5.74) is -0.191. The lowest BCUT2D eigenvalue weighted by Crippen LogP contribution is -2.47. The summed E-state index contributed by atoms with van der Waals surface area (Å²) in [7, 11) is 1.42. The maximum atomic E-state index is 14.1. The average Bonchev–Trinajstić information content (AvgIpc) is 3.04. The Bertz CT molecular complexity index is 1010. The van der Waals surface area contributed by atoms with Crippen LogP contribution in [0.2, 0.25) is 5.02 Å². The third-order valence-electron chi connectivity index (χ3n) is 4.31. The van der Waals surface area contributed by atoms with Crippen LogP contribution in [0.25, 0.3) is 0 Å². The Labute approximate surface area is 176 Å². The molecular weight excluding hydrogens is 420 g/mol. The molecular formula is C20H20ClF2N3O4. The van der Waals surface area contributed by atoms with Gasteiger partial charge in [-0.2, -0.15) is 0 Å². The molecule has 1 N–H and O–H groups in total. The molecule has 2 heterocycles. The zero-order chi connectivity index (χ0) is 22.2. The number of fused-ring (bicyclic) bond motifs is 1. The maximum Gasteiger partial charge on any atom is 0.415 e. The molecule has 0 radical (unpaired) electrons. The number of aromatic nitrogens is 1. The van der Waals surface area contributed by atoms with Crippen LogP contribution in [0.3, 0.4) is 0 Å². The number of ether oxygens (including phenoxy) is 2. The topological polar surface area (TPSA) is 80.8 Å². The fraction of sp³-hybridized carbons (Fsp3) is 0.350. The quantitative estimate of drug-likeness (QED) is 0.720. The first-order valence-electron chi connectivity index (χ1n) is 9.01. The fourth-order valence-corrected chi connectivity index (χ4v) is 3.25. The summed E-state index contributed by atoms with van der Waals surface area (Å²) in [5, 5.41) is 2.01. The Hall–Kier alpha value is -2.94. The number of hydrogen-bond acceptors (Lipinski definition) is 5. The first kappa shape index (κ1) is 21.8. The lowest BCUT2D eigenvalue weighted by atomic mass is 10.1. The summed E-state index contributed by atoms with van der Waals surface area (Å²) < 4.78 is 38.2. The van der Waals surface area contributed by atoms with Gasteiger partial charge in [-0.3, -0.25) is 9.69 Å². The van der Waals surface area contributed by atoms with Gasteiger partial charge in [0.05, 0.1) is 23.5 Å². The Morgan fingerprint density at radius 3 is 2.60 bits per heavy atom. The number of benzene rings is 1. The standard InChI is InChI=1S/C20H20ClF2N3O4/c1-20(2,3)30-19(28)26-15-5-6-24-18(29-4)10(15)7-16(26)17(27)25-14-8-11(21)12(22)9-13(14)23/h5-6,8-9,16H,7H2,1-4H3,(H,25,27). The van der Waals surface area contributed by atoms with Gasteiger partial charge in [0.2, 0.25) is 11.8 Å². The van der Waals surface area contributed by atoms with E-state index < -0.39 is 35.3 Å². The average molecular weight is 440 g/mol. The minimum absolute atomic E-state index is 0.0635. The minimum atomic E-state index is -1.07. The monoisotopic (exact) mass is 439 g/mol. The molecule has 160 valence electrons. The van der Waals surface area contributed by atoms with Crippen LogP contribution in [0.15, 0.2) is 24.4 Å².